The van der Waals surface area contributed by atoms with Gasteiger partial charge < -0.3 is 9.47 Å². The molecule has 3 rings (SSSR count). The quantitative estimate of drug-likeness (QED) is 0.797. The van der Waals surface area contributed by atoms with Gasteiger partial charge in [-0.1, -0.05) is 18.2 Å². The van der Waals surface area contributed by atoms with Crippen LogP contribution in [-0.4, -0.2) is 58.8 Å². The van der Waals surface area contributed by atoms with Gasteiger partial charge in [-0.05, 0) is 12.1 Å². The number of morpholine rings is 1. The predicted molar refractivity (Wildman–Crippen MR) is 81.0 cm³/mol. The number of nitrogens with zero attached hydrogens (tertiary/aromatic N) is 4. The van der Waals surface area contributed by atoms with E-state index in [-0.39, 0.29) is 11.7 Å². The van der Waals surface area contributed by atoms with Crippen LogP contribution in [0.4, 0.5) is 0 Å². The summed E-state index contributed by atoms with van der Waals surface area (Å²) in [6, 6.07) is 9.63. The summed E-state index contributed by atoms with van der Waals surface area (Å²) >= 11 is 0. The van der Waals surface area contributed by atoms with Crippen molar-refractivity contribution in [3.63, 3.8) is 0 Å². The number of para-hydroxylation sites is 1. The monoisotopic (exact) mass is 304 g/mol. The molecule has 0 bridgehead atoms. The summed E-state index contributed by atoms with van der Waals surface area (Å²) in [7, 11) is 1.67. The van der Waals surface area contributed by atoms with Crippen LogP contribution in [0.1, 0.15) is 0 Å². The van der Waals surface area contributed by atoms with E-state index in [1.165, 1.54) is 4.68 Å². The van der Waals surface area contributed by atoms with Crippen molar-refractivity contribution in [1.29, 1.82) is 0 Å². The van der Waals surface area contributed by atoms with Crippen LogP contribution in [0, 0.1) is 0 Å². The Balaban J connectivity index is 1.78. The molecule has 1 aliphatic heterocycles. The van der Waals surface area contributed by atoms with E-state index in [9.17, 15) is 4.79 Å². The zero-order valence-electron chi connectivity index (χ0n) is 12.6. The molecule has 1 aliphatic rings. The number of benzene rings is 1. The van der Waals surface area contributed by atoms with E-state index in [1.807, 2.05) is 30.3 Å². The SMILES string of the molecule is COCC1COCCN1Cn1ncn(-c2ccccc2)c1=O. The summed E-state index contributed by atoms with van der Waals surface area (Å²) in [5, 5.41) is 4.22. The van der Waals surface area contributed by atoms with Gasteiger partial charge >= 0.3 is 5.69 Å². The average Bonchev–Trinajstić information content (AvgIpc) is 2.91. The molecule has 1 saturated heterocycles. The molecule has 118 valence electrons. The Morgan fingerprint density at radius 3 is 2.95 bits per heavy atom. The molecular formula is C15H20N4O3. The minimum absolute atomic E-state index is 0.145. The molecule has 2 heterocycles. The van der Waals surface area contributed by atoms with Crippen LogP contribution in [0.15, 0.2) is 41.5 Å². The van der Waals surface area contributed by atoms with Crippen molar-refractivity contribution in [1.82, 2.24) is 19.2 Å². The van der Waals surface area contributed by atoms with Crippen molar-refractivity contribution in [2.45, 2.75) is 12.7 Å². The topological polar surface area (TPSA) is 61.5 Å². The predicted octanol–water partition coefficient (Wildman–Crippen LogP) is 0.339. The first kappa shape index (κ1) is 15.0. The number of hydrogen-bond acceptors (Lipinski definition) is 5. The van der Waals surface area contributed by atoms with E-state index < -0.39 is 0 Å². The summed E-state index contributed by atoms with van der Waals surface area (Å²) < 4.78 is 13.7. The molecule has 7 heteroatoms. The summed E-state index contributed by atoms with van der Waals surface area (Å²) in [5.74, 6) is 0. The van der Waals surface area contributed by atoms with E-state index in [0.29, 0.717) is 26.5 Å². The number of hydrogen-bond donors (Lipinski definition) is 0. The van der Waals surface area contributed by atoms with Crippen LogP contribution in [0.3, 0.4) is 0 Å². The van der Waals surface area contributed by atoms with E-state index in [4.69, 9.17) is 9.47 Å². The van der Waals surface area contributed by atoms with Crippen LogP contribution >= 0.6 is 0 Å². The highest BCUT2D eigenvalue weighted by Gasteiger charge is 2.24. The van der Waals surface area contributed by atoms with Gasteiger partial charge in [0.05, 0.1) is 38.2 Å². The zero-order valence-corrected chi connectivity index (χ0v) is 12.6. The van der Waals surface area contributed by atoms with Crippen molar-refractivity contribution >= 4 is 0 Å². The van der Waals surface area contributed by atoms with Gasteiger partial charge in [-0.3, -0.25) is 4.90 Å². The fourth-order valence-corrected chi connectivity index (χ4v) is 2.59. The van der Waals surface area contributed by atoms with Gasteiger partial charge in [0.1, 0.15) is 6.33 Å². The molecule has 0 N–H and O–H groups in total. The second kappa shape index (κ2) is 6.87. The lowest BCUT2D eigenvalue weighted by Gasteiger charge is -2.34. The summed E-state index contributed by atoms with van der Waals surface area (Å²) in [6.07, 6.45) is 1.56. The highest BCUT2D eigenvalue weighted by atomic mass is 16.5. The maximum atomic E-state index is 12.5. The molecular weight excluding hydrogens is 284 g/mol. The lowest BCUT2D eigenvalue weighted by atomic mass is 10.2. The number of aromatic nitrogens is 3. The van der Waals surface area contributed by atoms with Crippen LogP contribution in [0.2, 0.25) is 0 Å². The first-order valence-corrected chi connectivity index (χ1v) is 7.30. The molecule has 22 heavy (non-hydrogen) atoms. The largest absolute Gasteiger partial charge is 0.383 e. The summed E-state index contributed by atoms with van der Waals surface area (Å²) in [4.78, 5) is 14.6. The smallest absolute Gasteiger partial charge is 0.351 e. The normalized spacial score (nSPS) is 19.4. The maximum absolute atomic E-state index is 12.5. The van der Waals surface area contributed by atoms with E-state index in [1.54, 1.807) is 18.0 Å². The van der Waals surface area contributed by atoms with Crippen LogP contribution in [0.25, 0.3) is 5.69 Å². The minimum Gasteiger partial charge on any atom is -0.383 e. The number of rotatable bonds is 5. The molecule has 0 radical (unpaired) electrons. The lowest BCUT2D eigenvalue weighted by Crippen LogP contribution is -2.49. The highest BCUT2D eigenvalue weighted by molar-refractivity contribution is 5.30. The van der Waals surface area contributed by atoms with Gasteiger partial charge in [-0.25, -0.2) is 9.36 Å². The van der Waals surface area contributed by atoms with Gasteiger partial charge in [0.15, 0.2) is 0 Å². The van der Waals surface area contributed by atoms with Gasteiger partial charge in [0, 0.05) is 13.7 Å². The third-order valence-corrected chi connectivity index (χ3v) is 3.79. The Kier molecular flexibility index (Phi) is 4.67. The number of methoxy groups -OCH3 is 1. The molecule has 1 fully saturated rings. The Morgan fingerprint density at radius 1 is 1.36 bits per heavy atom. The highest BCUT2D eigenvalue weighted by Crippen LogP contribution is 2.08. The lowest BCUT2D eigenvalue weighted by molar-refractivity contribution is -0.0501. The first-order valence-electron chi connectivity index (χ1n) is 7.30. The van der Waals surface area contributed by atoms with Crippen molar-refractivity contribution in [2.24, 2.45) is 0 Å². The molecule has 1 unspecified atom stereocenters. The molecule has 0 saturated carbocycles. The molecule has 0 amide bonds. The average molecular weight is 304 g/mol. The number of ether oxygens (including phenoxy) is 2. The third-order valence-electron chi connectivity index (χ3n) is 3.79. The molecule has 7 nitrogen and oxygen atoms in total. The molecule has 0 aliphatic carbocycles. The Hall–Kier alpha value is -1.96. The fourth-order valence-electron chi connectivity index (χ4n) is 2.59. The summed E-state index contributed by atoms with van der Waals surface area (Å²) in [5.41, 5.74) is 0.669. The molecule has 1 atom stereocenters. The van der Waals surface area contributed by atoms with E-state index >= 15 is 0 Å². The van der Waals surface area contributed by atoms with E-state index in [0.717, 1.165) is 12.2 Å². The van der Waals surface area contributed by atoms with Gasteiger partial charge in [0.2, 0.25) is 0 Å². The molecule has 1 aromatic heterocycles. The summed E-state index contributed by atoms with van der Waals surface area (Å²) in [6.45, 7) is 3.05. The molecule has 0 spiro atoms. The van der Waals surface area contributed by atoms with Crippen molar-refractivity contribution in [3.05, 3.63) is 47.1 Å². The van der Waals surface area contributed by atoms with Crippen molar-refractivity contribution in [2.75, 3.05) is 33.5 Å². The van der Waals surface area contributed by atoms with Crippen LogP contribution in [0.5, 0.6) is 0 Å². The van der Waals surface area contributed by atoms with Crippen molar-refractivity contribution < 1.29 is 9.47 Å². The van der Waals surface area contributed by atoms with Crippen LogP contribution < -0.4 is 5.69 Å². The van der Waals surface area contributed by atoms with Gasteiger partial charge in [0.25, 0.3) is 0 Å². The fraction of sp³-hybridized carbons (Fsp3) is 0.467. The van der Waals surface area contributed by atoms with Gasteiger partial charge in [-0.15, -0.1) is 0 Å². The second-order valence-corrected chi connectivity index (χ2v) is 5.26. The Labute approximate surface area is 128 Å². The standard InChI is InChI=1S/C15H20N4O3/c1-21-9-14-10-22-8-7-17(14)12-19-15(20)18(11-16-19)13-5-3-2-4-6-13/h2-6,11,14H,7-10,12H2,1H3. The third kappa shape index (κ3) is 3.11. The maximum Gasteiger partial charge on any atom is 0.351 e. The van der Waals surface area contributed by atoms with E-state index in [2.05, 4.69) is 10.00 Å². The van der Waals surface area contributed by atoms with Crippen molar-refractivity contribution in [3.8, 4) is 5.69 Å². The van der Waals surface area contributed by atoms with Crippen LogP contribution in [-0.2, 0) is 16.1 Å². The second-order valence-electron chi connectivity index (χ2n) is 5.26. The molecule has 2 aromatic rings. The zero-order chi connectivity index (χ0) is 15.4. The minimum atomic E-state index is -0.145. The molecule has 1 aromatic carbocycles. The Morgan fingerprint density at radius 2 is 2.18 bits per heavy atom. The van der Waals surface area contributed by atoms with Gasteiger partial charge in [-0.2, -0.15) is 9.78 Å². The Bertz CT molecular complexity index is 650. The first-order chi connectivity index (χ1) is 10.8.